The highest BCUT2D eigenvalue weighted by atomic mass is 32.2. The first-order chi connectivity index (χ1) is 24.0. The number of hydrogen-bond acceptors (Lipinski definition) is 9. The van der Waals surface area contributed by atoms with Gasteiger partial charge in [0.2, 0.25) is 21.8 Å². The Morgan fingerprint density at radius 3 is 2.60 bits per heavy atom. The van der Waals surface area contributed by atoms with Crippen molar-refractivity contribution >= 4 is 39.9 Å². The van der Waals surface area contributed by atoms with Gasteiger partial charge in [0.1, 0.15) is 37.0 Å². The van der Waals surface area contributed by atoms with Gasteiger partial charge in [-0.15, -0.1) is 0 Å². The number of nitrogens with zero attached hydrogens (tertiary/aromatic N) is 2. The molecule has 0 spiro atoms. The van der Waals surface area contributed by atoms with Crippen LogP contribution in [-0.2, 0) is 46.8 Å². The molecule has 1 aromatic carbocycles. The predicted octanol–water partition coefficient (Wildman–Crippen LogP) is 2.22. The topological polar surface area (TPSA) is 181 Å². The van der Waals surface area contributed by atoms with Crippen molar-refractivity contribution < 1.29 is 46.3 Å². The Morgan fingerprint density at radius 1 is 1.06 bits per heavy atom. The molecule has 5 aliphatic rings. The van der Waals surface area contributed by atoms with Gasteiger partial charge in [0.25, 0.3) is 5.91 Å². The number of sulfonamides is 1. The number of alkyl halides is 1. The highest BCUT2D eigenvalue weighted by Crippen LogP contribution is 2.46. The quantitative estimate of drug-likeness (QED) is 0.357. The molecule has 6 rings (SSSR count). The third kappa shape index (κ3) is 8.05. The molecule has 3 N–H and O–H groups in total. The molecule has 5 atom stereocenters. The second-order valence-electron chi connectivity index (χ2n) is 13.7. The van der Waals surface area contributed by atoms with E-state index in [-0.39, 0.29) is 25.8 Å². The van der Waals surface area contributed by atoms with E-state index in [2.05, 4.69) is 15.4 Å². The van der Waals surface area contributed by atoms with E-state index in [1.807, 2.05) is 36.4 Å². The summed E-state index contributed by atoms with van der Waals surface area (Å²) in [7, 11) is -3.91. The standard InChI is InChI=1S/C34H44FN5O9S/c35-15-17-48-32(44)36-27-11-5-3-1-2-4-10-24-19-34(24,31(43)38-50(46,47)26-12-13-26)37-29(41)28-18-25(21-40(28)30(27)42)49-33(45)39-16-14-22-8-6-7-9-23(22)20-39/h4,6-10,24-28H,1-3,5,11-21H2,(H,36,44)(H,37,41)(H,38,43)/t24-,25-,27+,28+,34-/m1/s1. The van der Waals surface area contributed by atoms with Crippen LogP contribution in [0.5, 0.6) is 0 Å². The fourth-order valence-electron chi connectivity index (χ4n) is 7.03. The van der Waals surface area contributed by atoms with E-state index in [0.29, 0.717) is 51.6 Å². The zero-order valence-electron chi connectivity index (χ0n) is 27.8. The molecule has 16 heteroatoms. The minimum Gasteiger partial charge on any atom is -0.447 e. The van der Waals surface area contributed by atoms with Crippen LogP contribution in [-0.4, -0.2) is 103 Å². The summed E-state index contributed by atoms with van der Waals surface area (Å²) in [5.74, 6) is -2.64. The van der Waals surface area contributed by atoms with Crippen molar-refractivity contribution in [2.75, 3.05) is 26.4 Å². The number of nitrogens with one attached hydrogen (secondary N) is 3. The van der Waals surface area contributed by atoms with Crippen LogP contribution in [0.25, 0.3) is 0 Å². The SMILES string of the molecule is O=C(N[C@H]1CCCCCC=C[C@@H]2C[C@@]2(C(=O)NS(=O)(=O)C2CC2)NC(=O)[C@@H]2C[C@@H](OC(=O)N3CCc4ccccc4C3)CN2C1=O)OCCF. The van der Waals surface area contributed by atoms with Gasteiger partial charge in [-0.3, -0.25) is 19.1 Å². The summed E-state index contributed by atoms with van der Waals surface area (Å²) in [4.78, 5) is 70.4. The molecule has 5 amide bonds. The smallest absolute Gasteiger partial charge is 0.410 e. The summed E-state index contributed by atoms with van der Waals surface area (Å²) in [5, 5.41) is 4.64. The van der Waals surface area contributed by atoms with E-state index in [4.69, 9.17) is 9.47 Å². The lowest BCUT2D eigenvalue weighted by Gasteiger charge is -2.30. The Kier molecular flexibility index (Phi) is 10.6. The van der Waals surface area contributed by atoms with E-state index in [1.54, 1.807) is 4.90 Å². The third-order valence-electron chi connectivity index (χ3n) is 10.1. The average Bonchev–Trinajstić information content (AvgIpc) is 4.02. The molecule has 50 heavy (non-hydrogen) atoms. The molecule has 272 valence electrons. The number of ether oxygens (including phenoxy) is 2. The van der Waals surface area contributed by atoms with Crippen molar-refractivity contribution in [3.05, 3.63) is 47.5 Å². The molecule has 0 bridgehead atoms. The van der Waals surface area contributed by atoms with Gasteiger partial charge in [0, 0.05) is 25.4 Å². The van der Waals surface area contributed by atoms with E-state index < -0.39 is 88.1 Å². The van der Waals surface area contributed by atoms with Crippen molar-refractivity contribution in [1.82, 2.24) is 25.2 Å². The highest BCUT2D eigenvalue weighted by molar-refractivity contribution is 7.91. The van der Waals surface area contributed by atoms with Crippen LogP contribution in [0.1, 0.15) is 68.9 Å². The van der Waals surface area contributed by atoms with Crippen LogP contribution in [0, 0.1) is 5.92 Å². The number of hydrogen-bond donors (Lipinski definition) is 3. The predicted molar refractivity (Wildman–Crippen MR) is 176 cm³/mol. The fraction of sp³-hybridized carbons (Fsp3) is 0.618. The van der Waals surface area contributed by atoms with Crippen molar-refractivity contribution in [3.63, 3.8) is 0 Å². The van der Waals surface area contributed by atoms with Gasteiger partial charge >= 0.3 is 12.2 Å². The zero-order valence-corrected chi connectivity index (χ0v) is 28.6. The Morgan fingerprint density at radius 2 is 1.84 bits per heavy atom. The van der Waals surface area contributed by atoms with Gasteiger partial charge in [-0.05, 0) is 56.1 Å². The summed E-state index contributed by atoms with van der Waals surface area (Å²) in [6.45, 7) is -0.782. The summed E-state index contributed by atoms with van der Waals surface area (Å²) in [6.07, 6.45) is 5.70. The van der Waals surface area contributed by atoms with Crippen LogP contribution in [0.3, 0.4) is 0 Å². The van der Waals surface area contributed by atoms with Gasteiger partial charge in [-0.25, -0.2) is 22.4 Å². The first kappa shape index (κ1) is 35.6. The molecule has 3 fully saturated rings. The van der Waals surface area contributed by atoms with Crippen molar-refractivity contribution in [2.24, 2.45) is 5.92 Å². The number of allylic oxidation sites excluding steroid dienone is 1. The fourth-order valence-corrected chi connectivity index (χ4v) is 8.40. The molecule has 1 saturated heterocycles. The molecule has 3 aliphatic heterocycles. The van der Waals surface area contributed by atoms with Gasteiger partial charge < -0.3 is 29.9 Å². The van der Waals surface area contributed by atoms with E-state index in [9.17, 15) is 36.8 Å². The Balaban J connectivity index is 1.24. The maximum atomic E-state index is 14.1. The number of amides is 5. The monoisotopic (exact) mass is 717 g/mol. The lowest BCUT2D eigenvalue weighted by molar-refractivity contribution is -0.141. The molecule has 3 heterocycles. The Labute approximate surface area is 290 Å². The maximum Gasteiger partial charge on any atom is 0.410 e. The van der Waals surface area contributed by atoms with E-state index >= 15 is 0 Å². The van der Waals surface area contributed by atoms with Crippen LogP contribution in [0.15, 0.2) is 36.4 Å². The summed E-state index contributed by atoms with van der Waals surface area (Å²) < 4.78 is 51.0. The van der Waals surface area contributed by atoms with E-state index in [1.165, 1.54) is 4.90 Å². The highest BCUT2D eigenvalue weighted by Gasteiger charge is 2.62. The largest absolute Gasteiger partial charge is 0.447 e. The van der Waals surface area contributed by atoms with Crippen LogP contribution >= 0.6 is 0 Å². The summed E-state index contributed by atoms with van der Waals surface area (Å²) in [6, 6.07) is 5.45. The summed E-state index contributed by atoms with van der Waals surface area (Å²) >= 11 is 0. The van der Waals surface area contributed by atoms with Crippen molar-refractivity contribution in [2.45, 2.75) is 99.7 Å². The van der Waals surface area contributed by atoms with Gasteiger partial charge in [-0.1, -0.05) is 49.3 Å². The normalized spacial score (nSPS) is 28.5. The van der Waals surface area contributed by atoms with Crippen LogP contribution in [0.2, 0.25) is 0 Å². The third-order valence-corrected chi connectivity index (χ3v) is 11.9. The Bertz CT molecular complexity index is 1640. The van der Waals surface area contributed by atoms with Gasteiger partial charge in [0.15, 0.2) is 0 Å². The lowest BCUT2D eigenvalue weighted by atomic mass is 10.0. The second kappa shape index (κ2) is 15.0. The van der Waals surface area contributed by atoms with Gasteiger partial charge in [0.05, 0.1) is 11.8 Å². The lowest BCUT2D eigenvalue weighted by Crippen LogP contribution is -2.58. The van der Waals surface area contributed by atoms with Crippen LogP contribution < -0.4 is 15.4 Å². The number of halogens is 1. The molecule has 0 aromatic heterocycles. The van der Waals surface area contributed by atoms with Crippen LogP contribution in [0.4, 0.5) is 14.0 Å². The number of benzene rings is 1. The molecule has 0 radical (unpaired) electrons. The molecule has 14 nitrogen and oxygen atoms in total. The number of carbonyl (C=O) groups excluding carboxylic acids is 5. The first-order valence-electron chi connectivity index (χ1n) is 17.4. The van der Waals surface area contributed by atoms with Crippen molar-refractivity contribution in [1.29, 1.82) is 0 Å². The van der Waals surface area contributed by atoms with Crippen molar-refractivity contribution in [3.8, 4) is 0 Å². The molecule has 2 aliphatic carbocycles. The molecular weight excluding hydrogens is 673 g/mol. The molecule has 2 saturated carbocycles. The molecule has 1 aromatic rings. The number of rotatable bonds is 7. The zero-order chi connectivity index (χ0) is 35.5. The minimum absolute atomic E-state index is 0.0919. The number of fused-ring (bicyclic) bond motifs is 3. The average molecular weight is 718 g/mol. The number of carbonyl (C=O) groups is 5. The summed E-state index contributed by atoms with van der Waals surface area (Å²) in [5.41, 5.74) is 0.595. The maximum absolute atomic E-state index is 14.1. The second-order valence-corrected chi connectivity index (χ2v) is 15.7. The Hall–Kier alpha value is -4.21. The van der Waals surface area contributed by atoms with Gasteiger partial charge in [-0.2, -0.15) is 0 Å². The first-order valence-corrected chi connectivity index (χ1v) is 18.9. The number of alkyl carbamates (subject to hydrolysis) is 1. The molecular formula is C34H44FN5O9S. The molecule has 0 unspecified atom stereocenters. The minimum atomic E-state index is -3.91. The van der Waals surface area contributed by atoms with E-state index in [0.717, 1.165) is 17.5 Å².